The predicted octanol–water partition coefficient (Wildman–Crippen LogP) is 11.5. The third kappa shape index (κ3) is 11.7. The van der Waals surface area contributed by atoms with Gasteiger partial charge >= 0.3 is 11.9 Å². The van der Waals surface area contributed by atoms with Crippen LogP contribution >= 0.6 is 11.8 Å². The maximum absolute atomic E-state index is 13.4. The first-order valence-corrected chi connectivity index (χ1v) is 20.2. The molecule has 2 aliphatic rings. The van der Waals surface area contributed by atoms with E-state index in [4.69, 9.17) is 19.2 Å². The largest absolute Gasteiger partial charge is 0.494 e. The average molecular weight is 722 g/mol. The Balaban J connectivity index is 1.24. The zero-order chi connectivity index (χ0) is 36.5. The van der Waals surface area contributed by atoms with Crippen molar-refractivity contribution >= 4 is 29.9 Å². The lowest BCUT2D eigenvalue weighted by atomic mass is 9.77. The monoisotopic (exact) mass is 721 g/mol. The van der Waals surface area contributed by atoms with Crippen LogP contribution in [0, 0.1) is 5.92 Å². The smallest absolute Gasteiger partial charge is 0.343 e. The van der Waals surface area contributed by atoms with Crippen LogP contribution in [0.3, 0.4) is 0 Å². The molecule has 1 aliphatic carbocycles. The van der Waals surface area contributed by atoms with Gasteiger partial charge in [-0.15, -0.1) is 0 Å². The molecule has 0 spiro atoms. The Labute approximate surface area is 315 Å². The Bertz CT molecular complexity index is 1670. The fourth-order valence-electron chi connectivity index (χ4n) is 7.14. The molecule has 0 saturated heterocycles. The van der Waals surface area contributed by atoms with E-state index in [0.717, 1.165) is 56.4 Å². The van der Waals surface area contributed by atoms with Gasteiger partial charge in [-0.05, 0) is 136 Å². The normalized spacial score (nSPS) is 17.8. The Hall–Kier alpha value is -4.10. The lowest BCUT2D eigenvalue weighted by molar-refractivity contribution is -0.137. The van der Waals surface area contributed by atoms with Gasteiger partial charge in [0.25, 0.3) is 0 Å². The Kier molecular flexibility index (Phi) is 15.7. The molecule has 1 aliphatic heterocycles. The first-order valence-electron chi connectivity index (χ1n) is 19.3. The van der Waals surface area contributed by atoms with Crippen molar-refractivity contribution in [1.82, 2.24) is 0 Å². The van der Waals surface area contributed by atoms with E-state index in [1.54, 1.807) is 12.1 Å². The number of carbonyl (C=O) groups is 2. The van der Waals surface area contributed by atoms with Crippen molar-refractivity contribution in [3.63, 3.8) is 0 Å². The minimum atomic E-state index is -0.406. The summed E-state index contributed by atoms with van der Waals surface area (Å²) in [7, 11) is 0. The number of aryl methyl sites for hydroxylation is 1. The van der Waals surface area contributed by atoms with Gasteiger partial charge < -0.3 is 14.2 Å². The topological polar surface area (TPSA) is 74.2 Å². The van der Waals surface area contributed by atoms with Crippen molar-refractivity contribution in [3.05, 3.63) is 113 Å². The highest BCUT2D eigenvalue weighted by Gasteiger charge is 2.23. The number of unbranched alkanes of at least 4 members (excludes halogenated alkanes) is 3. The first-order chi connectivity index (χ1) is 25.5. The molecule has 1 atom stereocenters. The summed E-state index contributed by atoms with van der Waals surface area (Å²) >= 11 is 1.83. The molecule has 0 aromatic heterocycles. The van der Waals surface area contributed by atoms with Gasteiger partial charge in [0.15, 0.2) is 0 Å². The second kappa shape index (κ2) is 20.8. The molecule has 7 heteroatoms. The molecular formula is C45H55NO5S. The highest BCUT2D eigenvalue weighted by molar-refractivity contribution is 8.03. The van der Waals surface area contributed by atoms with Crippen LogP contribution in [0.5, 0.6) is 11.5 Å². The van der Waals surface area contributed by atoms with Crippen molar-refractivity contribution in [2.75, 3.05) is 13.2 Å². The van der Waals surface area contributed by atoms with E-state index in [9.17, 15) is 9.59 Å². The molecule has 3 aromatic rings. The van der Waals surface area contributed by atoms with Gasteiger partial charge in [0.1, 0.15) is 11.5 Å². The molecule has 0 amide bonds. The summed E-state index contributed by atoms with van der Waals surface area (Å²) in [6, 6.07) is 22.1. The first kappa shape index (κ1) is 39.1. The van der Waals surface area contributed by atoms with Gasteiger partial charge in [-0.2, -0.15) is 0 Å². The number of fused-ring (bicyclic) bond motifs is 1. The van der Waals surface area contributed by atoms with Gasteiger partial charge in [0.2, 0.25) is 0 Å². The standard InChI is InChI=1S/C45H55NO5S/c1-4-14-33-19-21-34(22-20-33)37-25-28-41(38(31-37)32-46-40(5-2)43-18-13-16-35-15-9-10-17-42(35)52-43)51-45(48)36-23-26-39(27-24-36)49-29-11-7-8-12-30-50-44(47)6-3/h6,9-10,15,17-18,23-28,31-34,40H,3-5,7-8,11-14,16,19-22,29-30H2,1-2H3. The van der Waals surface area contributed by atoms with Crippen LogP contribution in [0.2, 0.25) is 0 Å². The molecule has 1 saturated carbocycles. The molecular weight excluding hydrogens is 667 g/mol. The van der Waals surface area contributed by atoms with Gasteiger partial charge in [-0.1, -0.05) is 75.4 Å². The Morgan fingerprint density at radius 3 is 2.46 bits per heavy atom. The summed E-state index contributed by atoms with van der Waals surface area (Å²) in [6.07, 6.45) is 19.6. The number of allylic oxidation sites excluding steroid dienone is 1. The van der Waals surface area contributed by atoms with Gasteiger partial charge in [-0.3, -0.25) is 4.99 Å². The van der Waals surface area contributed by atoms with Crippen LogP contribution < -0.4 is 9.47 Å². The van der Waals surface area contributed by atoms with E-state index >= 15 is 0 Å². The number of rotatable bonds is 18. The minimum absolute atomic E-state index is 0.0300. The van der Waals surface area contributed by atoms with Gasteiger partial charge in [0.05, 0.1) is 24.8 Å². The number of carbonyl (C=O) groups excluding carboxylic acids is 2. The van der Waals surface area contributed by atoms with Crippen LogP contribution in [0.15, 0.2) is 100 Å². The summed E-state index contributed by atoms with van der Waals surface area (Å²) in [4.78, 5) is 32.3. The van der Waals surface area contributed by atoms with Crippen LogP contribution in [-0.2, 0) is 16.0 Å². The van der Waals surface area contributed by atoms with E-state index in [0.29, 0.717) is 36.2 Å². The second-order valence-corrected chi connectivity index (χ2v) is 15.0. The van der Waals surface area contributed by atoms with E-state index in [-0.39, 0.29) is 12.0 Å². The number of aliphatic imine (C=N–C) groups is 1. The number of ether oxygens (including phenoxy) is 3. The van der Waals surface area contributed by atoms with Gasteiger partial charge in [-0.25, -0.2) is 9.59 Å². The molecule has 1 heterocycles. The average Bonchev–Trinajstić information content (AvgIpc) is 3.40. The van der Waals surface area contributed by atoms with Crippen LogP contribution in [0.4, 0.5) is 0 Å². The zero-order valence-corrected chi connectivity index (χ0v) is 31.8. The summed E-state index contributed by atoms with van der Waals surface area (Å²) < 4.78 is 17.0. The second-order valence-electron chi connectivity index (χ2n) is 13.9. The van der Waals surface area contributed by atoms with E-state index in [1.165, 1.54) is 65.5 Å². The van der Waals surface area contributed by atoms with Crippen molar-refractivity contribution in [3.8, 4) is 11.5 Å². The lowest BCUT2D eigenvalue weighted by Gasteiger charge is -2.29. The number of hydrogen-bond acceptors (Lipinski definition) is 7. The summed E-state index contributed by atoms with van der Waals surface area (Å²) in [5, 5.41) is 0. The fraction of sp³-hybridized carbons (Fsp3) is 0.444. The Morgan fingerprint density at radius 1 is 0.942 bits per heavy atom. The van der Waals surface area contributed by atoms with Crippen molar-refractivity contribution in [2.24, 2.45) is 10.9 Å². The third-order valence-corrected chi connectivity index (χ3v) is 11.4. The number of hydrogen-bond donors (Lipinski definition) is 0. The number of benzene rings is 3. The minimum Gasteiger partial charge on any atom is -0.494 e. The highest BCUT2D eigenvalue weighted by atomic mass is 32.2. The van der Waals surface area contributed by atoms with Crippen molar-refractivity contribution in [1.29, 1.82) is 0 Å². The molecule has 1 fully saturated rings. The number of nitrogens with zero attached hydrogens (tertiary/aromatic N) is 1. The zero-order valence-electron chi connectivity index (χ0n) is 31.0. The molecule has 52 heavy (non-hydrogen) atoms. The molecule has 0 bridgehead atoms. The van der Waals surface area contributed by atoms with Crippen LogP contribution in [0.1, 0.15) is 124 Å². The van der Waals surface area contributed by atoms with E-state index < -0.39 is 5.97 Å². The molecule has 3 aromatic carbocycles. The molecule has 276 valence electrons. The quantitative estimate of drug-likeness (QED) is 0.0428. The van der Waals surface area contributed by atoms with E-state index in [2.05, 4.69) is 62.9 Å². The van der Waals surface area contributed by atoms with Gasteiger partial charge in [0, 0.05) is 27.7 Å². The third-order valence-electron chi connectivity index (χ3n) is 10.1. The summed E-state index contributed by atoms with van der Waals surface area (Å²) in [5.41, 5.74) is 4.01. The molecule has 0 N–H and O–H groups in total. The number of thioether (sulfide) groups is 1. The molecule has 0 radical (unpaired) electrons. The Morgan fingerprint density at radius 2 is 1.71 bits per heavy atom. The summed E-state index contributed by atoms with van der Waals surface area (Å²) in [6.45, 7) is 8.86. The predicted molar refractivity (Wildman–Crippen MR) is 213 cm³/mol. The summed E-state index contributed by atoms with van der Waals surface area (Å²) in [5.74, 6) is 1.80. The fourth-order valence-corrected chi connectivity index (χ4v) is 8.40. The molecule has 1 unspecified atom stereocenters. The molecule has 6 nitrogen and oxygen atoms in total. The SMILES string of the molecule is C=CC(=O)OCCCCCCOc1ccc(C(=O)Oc2ccc(C3CCC(CCC)CC3)cc2C=NC(CC)C2=CCCc3ccccc3S2)cc1. The van der Waals surface area contributed by atoms with E-state index in [1.807, 2.05) is 36.2 Å². The highest BCUT2D eigenvalue weighted by Crippen LogP contribution is 2.40. The lowest BCUT2D eigenvalue weighted by Crippen LogP contribution is -2.14. The maximum Gasteiger partial charge on any atom is 0.343 e. The number of esters is 2. The van der Waals surface area contributed by atoms with Crippen molar-refractivity contribution < 1.29 is 23.8 Å². The van der Waals surface area contributed by atoms with Crippen LogP contribution in [0.25, 0.3) is 0 Å². The van der Waals surface area contributed by atoms with Crippen LogP contribution in [-0.4, -0.2) is 37.4 Å². The maximum atomic E-state index is 13.4. The van der Waals surface area contributed by atoms with Crippen molar-refractivity contribution in [2.45, 2.75) is 114 Å². The molecule has 5 rings (SSSR count).